The lowest BCUT2D eigenvalue weighted by atomic mass is 9.95. The molecule has 1 aliphatic heterocycles. The third-order valence-electron chi connectivity index (χ3n) is 4.61. The molecule has 1 aliphatic carbocycles. The summed E-state index contributed by atoms with van der Waals surface area (Å²) in [6, 6.07) is 4.90. The average Bonchev–Trinajstić information content (AvgIpc) is 3.21. The first-order valence-electron chi connectivity index (χ1n) is 7.53. The number of benzene rings is 1. The molecule has 0 spiro atoms. The molecule has 1 aromatic rings. The number of carbonyl (C=O) groups excluding carboxylic acids is 1. The zero-order valence-electron chi connectivity index (χ0n) is 12.4. The average molecular weight is 347 g/mol. The Morgan fingerprint density at radius 2 is 2.23 bits per heavy atom. The summed E-state index contributed by atoms with van der Waals surface area (Å²) in [7, 11) is 0. The van der Waals surface area contributed by atoms with E-state index in [1.165, 1.54) is 6.07 Å². The van der Waals surface area contributed by atoms with Crippen molar-refractivity contribution in [2.75, 3.05) is 13.1 Å². The van der Waals surface area contributed by atoms with E-state index in [4.69, 9.17) is 11.6 Å². The Labute approximate surface area is 141 Å². The van der Waals surface area contributed by atoms with Gasteiger partial charge in [-0.3, -0.25) is 4.79 Å². The van der Waals surface area contributed by atoms with Crippen molar-refractivity contribution in [3.05, 3.63) is 34.6 Å². The molecule has 2 aliphatic rings. The van der Waals surface area contributed by atoms with Crippen molar-refractivity contribution in [1.29, 1.82) is 0 Å². The molecule has 3 nitrogen and oxygen atoms in total. The third kappa shape index (κ3) is 3.55. The predicted molar refractivity (Wildman–Crippen MR) is 88.1 cm³/mol. The van der Waals surface area contributed by atoms with Crippen LogP contribution in [0.1, 0.15) is 31.2 Å². The van der Waals surface area contributed by atoms with E-state index >= 15 is 0 Å². The Morgan fingerprint density at radius 1 is 1.45 bits per heavy atom. The molecule has 0 aromatic heterocycles. The highest BCUT2D eigenvalue weighted by Crippen LogP contribution is 2.50. The zero-order valence-corrected chi connectivity index (χ0v) is 14.0. The first-order valence-corrected chi connectivity index (χ1v) is 7.90. The van der Waals surface area contributed by atoms with E-state index in [1.54, 1.807) is 12.1 Å². The standard InChI is InChI=1S/C16H20ClFN2O.ClH/c1-9-8-19-6-5-14(9)20-16(21)11-7-10(11)15-12(17)3-2-4-13(15)18;/h2-4,9-11,14,19H,5-8H2,1H3,(H,20,21);1H. The molecule has 3 rings (SSSR count). The number of halogens is 3. The van der Waals surface area contributed by atoms with Crippen LogP contribution < -0.4 is 10.6 Å². The van der Waals surface area contributed by atoms with Crippen LogP contribution in [-0.2, 0) is 4.79 Å². The Hall–Kier alpha value is -0.840. The van der Waals surface area contributed by atoms with Crippen molar-refractivity contribution < 1.29 is 9.18 Å². The minimum atomic E-state index is -0.307. The van der Waals surface area contributed by atoms with Gasteiger partial charge in [-0.2, -0.15) is 0 Å². The summed E-state index contributed by atoms with van der Waals surface area (Å²) < 4.78 is 13.9. The molecule has 2 fully saturated rings. The predicted octanol–water partition coefficient (Wildman–Crippen LogP) is 3.12. The maximum absolute atomic E-state index is 13.9. The molecule has 1 heterocycles. The second-order valence-corrected chi connectivity index (χ2v) is 6.58. The summed E-state index contributed by atoms with van der Waals surface area (Å²) in [6.07, 6.45) is 1.64. The second-order valence-electron chi connectivity index (χ2n) is 6.17. The first kappa shape index (κ1) is 17.5. The maximum Gasteiger partial charge on any atom is 0.223 e. The van der Waals surface area contributed by atoms with Gasteiger partial charge in [0.2, 0.25) is 5.91 Å². The summed E-state index contributed by atoms with van der Waals surface area (Å²) in [5, 5.41) is 6.86. The highest BCUT2D eigenvalue weighted by atomic mass is 35.5. The summed E-state index contributed by atoms with van der Waals surface area (Å²) in [4.78, 5) is 12.3. The molecule has 6 heteroatoms. The topological polar surface area (TPSA) is 41.1 Å². The zero-order chi connectivity index (χ0) is 15.0. The first-order chi connectivity index (χ1) is 10.1. The van der Waals surface area contributed by atoms with Gasteiger partial charge in [0.25, 0.3) is 0 Å². The van der Waals surface area contributed by atoms with Crippen LogP contribution in [0.2, 0.25) is 5.02 Å². The number of nitrogens with one attached hydrogen (secondary N) is 2. The van der Waals surface area contributed by atoms with Crippen LogP contribution in [0.4, 0.5) is 4.39 Å². The van der Waals surface area contributed by atoms with Crippen LogP contribution in [0.15, 0.2) is 18.2 Å². The Balaban J connectivity index is 0.00000176. The SMILES string of the molecule is CC1CNCCC1NC(=O)C1CC1c1c(F)cccc1Cl.Cl. The van der Waals surface area contributed by atoms with E-state index in [9.17, 15) is 9.18 Å². The fourth-order valence-electron chi connectivity index (χ4n) is 3.19. The lowest BCUT2D eigenvalue weighted by Gasteiger charge is -2.30. The Bertz CT molecular complexity index is 535. The van der Waals surface area contributed by atoms with E-state index < -0.39 is 0 Å². The number of rotatable bonds is 3. The number of hydrogen-bond donors (Lipinski definition) is 2. The quantitative estimate of drug-likeness (QED) is 0.882. The summed E-state index contributed by atoms with van der Waals surface area (Å²) in [6.45, 7) is 4.00. The molecule has 1 saturated carbocycles. The van der Waals surface area contributed by atoms with Crippen LogP contribution in [0.3, 0.4) is 0 Å². The molecular formula is C16H21Cl2FN2O. The van der Waals surface area contributed by atoms with E-state index in [-0.39, 0.29) is 42.0 Å². The number of hydrogen-bond acceptors (Lipinski definition) is 2. The van der Waals surface area contributed by atoms with Gasteiger partial charge in [0, 0.05) is 28.5 Å². The van der Waals surface area contributed by atoms with Gasteiger partial charge in [-0.25, -0.2) is 4.39 Å². The molecule has 4 unspecified atom stereocenters. The van der Waals surface area contributed by atoms with Crippen molar-refractivity contribution in [1.82, 2.24) is 10.6 Å². The number of amides is 1. The van der Waals surface area contributed by atoms with E-state index in [2.05, 4.69) is 17.6 Å². The molecule has 4 atom stereocenters. The van der Waals surface area contributed by atoms with Crippen molar-refractivity contribution in [3.63, 3.8) is 0 Å². The molecule has 1 amide bonds. The lowest BCUT2D eigenvalue weighted by molar-refractivity contribution is -0.123. The van der Waals surface area contributed by atoms with Gasteiger partial charge in [-0.05, 0) is 44.0 Å². The molecule has 0 radical (unpaired) electrons. The highest BCUT2D eigenvalue weighted by molar-refractivity contribution is 6.31. The van der Waals surface area contributed by atoms with Crippen LogP contribution in [0.5, 0.6) is 0 Å². The van der Waals surface area contributed by atoms with Gasteiger partial charge in [-0.1, -0.05) is 24.6 Å². The van der Waals surface area contributed by atoms with Crippen LogP contribution in [-0.4, -0.2) is 25.0 Å². The number of carbonyl (C=O) groups is 1. The monoisotopic (exact) mass is 346 g/mol. The Morgan fingerprint density at radius 3 is 2.91 bits per heavy atom. The van der Waals surface area contributed by atoms with Crippen molar-refractivity contribution >= 4 is 29.9 Å². The van der Waals surface area contributed by atoms with Crippen LogP contribution >= 0.6 is 24.0 Å². The number of piperidine rings is 1. The molecule has 122 valence electrons. The third-order valence-corrected chi connectivity index (χ3v) is 4.94. The van der Waals surface area contributed by atoms with Crippen LogP contribution in [0, 0.1) is 17.7 Å². The van der Waals surface area contributed by atoms with Crippen LogP contribution in [0.25, 0.3) is 0 Å². The minimum Gasteiger partial charge on any atom is -0.353 e. The van der Waals surface area contributed by atoms with E-state index in [0.29, 0.717) is 22.9 Å². The molecule has 2 N–H and O–H groups in total. The van der Waals surface area contributed by atoms with Gasteiger partial charge < -0.3 is 10.6 Å². The van der Waals surface area contributed by atoms with E-state index in [1.807, 2.05) is 0 Å². The largest absolute Gasteiger partial charge is 0.353 e. The maximum atomic E-state index is 13.9. The molecule has 22 heavy (non-hydrogen) atoms. The van der Waals surface area contributed by atoms with Crippen molar-refractivity contribution in [3.8, 4) is 0 Å². The summed E-state index contributed by atoms with van der Waals surface area (Å²) >= 11 is 6.07. The van der Waals surface area contributed by atoms with Crippen molar-refractivity contribution in [2.24, 2.45) is 11.8 Å². The van der Waals surface area contributed by atoms with Gasteiger partial charge in [0.15, 0.2) is 0 Å². The fraction of sp³-hybridized carbons (Fsp3) is 0.562. The second kappa shape index (κ2) is 7.16. The smallest absolute Gasteiger partial charge is 0.223 e. The van der Waals surface area contributed by atoms with Gasteiger partial charge >= 0.3 is 0 Å². The van der Waals surface area contributed by atoms with Gasteiger partial charge in [0.05, 0.1) is 0 Å². The lowest BCUT2D eigenvalue weighted by Crippen LogP contribution is -2.48. The van der Waals surface area contributed by atoms with Gasteiger partial charge in [0.1, 0.15) is 5.82 Å². The molecule has 0 bridgehead atoms. The highest BCUT2D eigenvalue weighted by Gasteiger charge is 2.46. The van der Waals surface area contributed by atoms with E-state index in [0.717, 1.165) is 19.5 Å². The minimum absolute atomic E-state index is 0. The Kier molecular flexibility index (Phi) is 5.70. The fourth-order valence-corrected chi connectivity index (χ4v) is 3.49. The summed E-state index contributed by atoms with van der Waals surface area (Å²) in [5.41, 5.74) is 0.498. The molecular weight excluding hydrogens is 326 g/mol. The molecule has 1 aromatic carbocycles. The molecule has 1 saturated heterocycles. The summed E-state index contributed by atoms with van der Waals surface area (Å²) in [5.74, 6) is -0.0507. The normalized spacial score (nSPS) is 30.3. The van der Waals surface area contributed by atoms with Crippen molar-refractivity contribution in [2.45, 2.75) is 31.7 Å². The van der Waals surface area contributed by atoms with Gasteiger partial charge in [-0.15, -0.1) is 12.4 Å².